The summed E-state index contributed by atoms with van der Waals surface area (Å²) in [5.74, 6) is 0.887. The number of rotatable bonds is 2. The topological polar surface area (TPSA) is 58.5 Å². The van der Waals surface area contributed by atoms with Gasteiger partial charge in [-0.2, -0.15) is 0 Å². The Kier molecular flexibility index (Phi) is 3.54. The van der Waals surface area contributed by atoms with Crippen LogP contribution in [-0.4, -0.2) is 47.0 Å². The minimum Gasteiger partial charge on any atom is -0.394 e. The number of aromatic nitrogens is 2. The maximum absolute atomic E-state index is 9.30. The van der Waals surface area contributed by atoms with E-state index in [4.69, 9.17) is 9.72 Å². The largest absolute Gasteiger partial charge is 0.394 e. The maximum atomic E-state index is 9.30. The van der Waals surface area contributed by atoms with Gasteiger partial charge in [0.2, 0.25) is 0 Å². The maximum Gasteiger partial charge on any atom is 0.151 e. The van der Waals surface area contributed by atoms with E-state index in [9.17, 15) is 5.11 Å². The third-order valence-corrected chi connectivity index (χ3v) is 3.70. The molecule has 5 nitrogen and oxygen atoms in total. The molecule has 20 heavy (non-hydrogen) atoms. The van der Waals surface area contributed by atoms with E-state index >= 15 is 0 Å². The average Bonchev–Trinajstić information content (AvgIpc) is 2.47. The Balaban J connectivity index is 2.01. The van der Waals surface area contributed by atoms with Crippen molar-refractivity contribution in [2.75, 3.05) is 24.7 Å². The zero-order chi connectivity index (χ0) is 14.1. The zero-order valence-electron chi connectivity index (χ0n) is 11.8. The lowest BCUT2D eigenvalue weighted by Gasteiger charge is -2.38. The molecule has 0 radical (unpaired) electrons. The lowest BCUT2D eigenvalue weighted by atomic mass is 10.2. The van der Waals surface area contributed by atoms with Crippen LogP contribution >= 0.6 is 0 Å². The van der Waals surface area contributed by atoms with Crippen LogP contribution in [0, 0.1) is 6.92 Å². The molecule has 1 N–H and O–H groups in total. The van der Waals surface area contributed by atoms with E-state index in [1.807, 2.05) is 31.2 Å². The quantitative estimate of drug-likeness (QED) is 0.899. The highest BCUT2D eigenvalue weighted by Crippen LogP contribution is 2.24. The van der Waals surface area contributed by atoms with Gasteiger partial charge in [-0.1, -0.05) is 12.1 Å². The summed E-state index contributed by atoms with van der Waals surface area (Å²) in [5.41, 5.74) is 2.72. The van der Waals surface area contributed by atoms with Crippen molar-refractivity contribution in [3.05, 3.63) is 30.0 Å². The molecule has 0 spiro atoms. The highest BCUT2D eigenvalue weighted by Gasteiger charge is 2.28. The first-order chi connectivity index (χ1) is 9.69. The van der Waals surface area contributed by atoms with E-state index in [2.05, 4.69) is 16.8 Å². The molecule has 0 aliphatic carbocycles. The minimum atomic E-state index is -0.154. The Morgan fingerprint density at radius 2 is 2.00 bits per heavy atom. The van der Waals surface area contributed by atoms with Crippen LogP contribution in [-0.2, 0) is 4.74 Å². The Morgan fingerprint density at radius 3 is 2.70 bits per heavy atom. The molecule has 1 aromatic heterocycles. The molecule has 106 valence electrons. The van der Waals surface area contributed by atoms with E-state index in [-0.39, 0.29) is 18.8 Å². The Hall–Kier alpha value is -1.72. The summed E-state index contributed by atoms with van der Waals surface area (Å²) < 4.78 is 5.58. The van der Waals surface area contributed by atoms with Crippen molar-refractivity contribution in [1.82, 2.24) is 9.97 Å². The molecule has 0 bridgehead atoms. The monoisotopic (exact) mass is 273 g/mol. The number of aliphatic hydroxyl groups is 1. The normalized spacial score (nSPS) is 23.2. The van der Waals surface area contributed by atoms with E-state index in [0.29, 0.717) is 13.2 Å². The van der Waals surface area contributed by atoms with Gasteiger partial charge >= 0.3 is 0 Å². The molecule has 2 atom stereocenters. The first-order valence-corrected chi connectivity index (χ1v) is 6.91. The standard InChI is InChI=1S/C15H19N3O2/c1-10-9-20-12(8-19)7-18(10)15-11(2)16-13-5-3-4-6-14(13)17-15/h3-6,10,12,19H,7-9H2,1-2H3. The van der Waals surface area contributed by atoms with Crippen LogP contribution in [0.1, 0.15) is 12.6 Å². The summed E-state index contributed by atoms with van der Waals surface area (Å²) >= 11 is 0. The number of fused-ring (bicyclic) bond motifs is 1. The second-order valence-corrected chi connectivity index (χ2v) is 5.26. The first kappa shape index (κ1) is 13.3. The summed E-state index contributed by atoms with van der Waals surface area (Å²) in [7, 11) is 0. The third-order valence-electron chi connectivity index (χ3n) is 3.70. The van der Waals surface area contributed by atoms with Crippen LogP contribution in [0.25, 0.3) is 11.0 Å². The van der Waals surface area contributed by atoms with Crippen LogP contribution in [0.5, 0.6) is 0 Å². The Labute approximate surface area is 118 Å². The highest BCUT2D eigenvalue weighted by atomic mass is 16.5. The van der Waals surface area contributed by atoms with Gasteiger partial charge in [-0.05, 0) is 26.0 Å². The van der Waals surface area contributed by atoms with Gasteiger partial charge in [0.25, 0.3) is 0 Å². The highest BCUT2D eigenvalue weighted by molar-refractivity contribution is 5.76. The predicted octanol–water partition coefficient (Wildman–Crippen LogP) is 1.52. The molecule has 1 aliphatic rings. The van der Waals surface area contributed by atoms with Crippen LogP contribution < -0.4 is 4.90 Å². The number of benzene rings is 1. The van der Waals surface area contributed by atoms with Gasteiger partial charge in [0, 0.05) is 6.54 Å². The van der Waals surface area contributed by atoms with Crippen LogP contribution in [0.3, 0.4) is 0 Å². The average molecular weight is 273 g/mol. The number of nitrogens with zero attached hydrogens (tertiary/aromatic N) is 3. The summed E-state index contributed by atoms with van der Waals surface area (Å²) in [4.78, 5) is 11.6. The van der Waals surface area contributed by atoms with Gasteiger partial charge in [-0.15, -0.1) is 0 Å². The molecule has 3 rings (SSSR count). The number of para-hydroxylation sites is 2. The molecule has 0 saturated carbocycles. The third kappa shape index (κ3) is 2.34. The fourth-order valence-corrected chi connectivity index (χ4v) is 2.57. The molecule has 1 aromatic carbocycles. The summed E-state index contributed by atoms with van der Waals surface area (Å²) in [5, 5.41) is 9.30. The number of ether oxygens (including phenoxy) is 1. The minimum absolute atomic E-state index is 0.0310. The molecule has 1 aliphatic heterocycles. The predicted molar refractivity (Wildman–Crippen MR) is 77.9 cm³/mol. The van der Waals surface area contributed by atoms with E-state index < -0.39 is 0 Å². The fraction of sp³-hybridized carbons (Fsp3) is 0.467. The molecular formula is C15H19N3O2. The van der Waals surface area contributed by atoms with Crippen molar-refractivity contribution in [2.24, 2.45) is 0 Å². The number of hydrogen-bond donors (Lipinski definition) is 1. The zero-order valence-corrected chi connectivity index (χ0v) is 11.8. The number of anilines is 1. The number of morpholine rings is 1. The van der Waals surface area contributed by atoms with E-state index in [1.54, 1.807) is 0 Å². The SMILES string of the molecule is Cc1nc2ccccc2nc1N1CC(CO)OCC1C. The molecule has 2 unspecified atom stereocenters. The Bertz CT molecular complexity index is 617. The molecule has 1 fully saturated rings. The second kappa shape index (κ2) is 5.34. The van der Waals surface area contributed by atoms with Gasteiger partial charge in [-0.25, -0.2) is 9.97 Å². The molecule has 5 heteroatoms. The van der Waals surface area contributed by atoms with Gasteiger partial charge < -0.3 is 14.7 Å². The first-order valence-electron chi connectivity index (χ1n) is 6.91. The van der Waals surface area contributed by atoms with E-state index in [1.165, 1.54) is 0 Å². The second-order valence-electron chi connectivity index (χ2n) is 5.26. The lowest BCUT2D eigenvalue weighted by Crippen LogP contribution is -2.50. The van der Waals surface area contributed by atoms with Gasteiger partial charge in [0.1, 0.15) is 0 Å². The Morgan fingerprint density at radius 1 is 1.30 bits per heavy atom. The number of aliphatic hydroxyl groups excluding tert-OH is 1. The molecule has 0 amide bonds. The fourth-order valence-electron chi connectivity index (χ4n) is 2.57. The smallest absolute Gasteiger partial charge is 0.151 e. The number of aryl methyl sites for hydroxylation is 1. The van der Waals surface area contributed by atoms with Crippen LogP contribution in [0.15, 0.2) is 24.3 Å². The lowest BCUT2D eigenvalue weighted by molar-refractivity contribution is -0.0106. The van der Waals surface area contributed by atoms with E-state index in [0.717, 1.165) is 22.5 Å². The number of hydrogen-bond acceptors (Lipinski definition) is 5. The molecular weight excluding hydrogens is 254 g/mol. The van der Waals surface area contributed by atoms with Crippen molar-refractivity contribution in [3.8, 4) is 0 Å². The van der Waals surface area contributed by atoms with Crippen molar-refractivity contribution in [3.63, 3.8) is 0 Å². The summed E-state index contributed by atoms with van der Waals surface area (Å²) in [6.45, 7) is 5.35. The van der Waals surface area contributed by atoms with Crippen molar-refractivity contribution < 1.29 is 9.84 Å². The molecule has 2 heterocycles. The van der Waals surface area contributed by atoms with Gasteiger partial charge in [-0.3, -0.25) is 0 Å². The summed E-state index contributed by atoms with van der Waals surface area (Å²) in [6.07, 6.45) is -0.154. The molecule has 2 aromatic rings. The van der Waals surface area contributed by atoms with Gasteiger partial charge in [0.15, 0.2) is 5.82 Å². The summed E-state index contributed by atoms with van der Waals surface area (Å²) in [6, 6.07) is 8.11. The van der Waals surface area contributed by atoms with Crippen LogP contribution in [0.4, 0.5) is 5.82 Å². The van der Waals surface area contributed by atoms with Crippen molar-refractivity contribution >= 4 is 16.9 Å². The van der Waals surface area contributed by atoms with Crippen LogP contribution in [0.2, 0.25) is 0 Å². The molecule has 1 saturated heterocycles. The van der Waals surface area contributed by atoms with Crippen molar-refractivity contribution in [2.45, 2.75) is 26.0 Å². The van der Waals surface area contributed by atoms with Gasteiger partial charge in [0.05, 0.1) is 42.1 Å². The van der Waals surface area contributed by atoms with Crippen molar-refractivity contribution in [1.29, 1.82) is 0 Å².